The van der Waals surface area contributed by atoms with Crippen molar-refractivity contribution >= 4 is 5.91 Å². The zero-order chi connectivity index (χ0) is 13.4. The Labute approximate surface area is 107 Å². The lowest BCUT2D eigenvalue weighted by Gasteiger charge is -2.16. The van der Waals surface area contributed by atoms with Gasteiger partial charge in [-0.05, 0) is 37.9 Å². The predicted molar refractivity (Wildman–Crippen MR) is 68.3 cm³/mol. The Morgan fingerprint density at radius 2 is 2.28 bits per heavy atom. The van der Waals surface area contributed by atoms with Crippen molar-refractivity contribution in [3.63, 3.8) is 0 Å². The fraction of sp³-hybridized carbons (Fsp3) is 0.538. The van der Waals surface area contributed by atoms with Gasteiger partial charge in [-0.1, -0.05) is 6.92 Å². The van der Waals surface area contributed by atoms with E-state index in [1.807, 2.05) is 6.92 Å². The second-order valence-corrected chi connectivity index (χ2v) is 4.24. The normalized spacial score (nSPS) is 12.3. The van der Waals surface area contributed by atoms with Crippen LogP contribution in [0.15, 0.2) is 18.3 Å². The molecule has 1 aromatic rings. The van der Waals surface area contributed by atoms with E-state index in [-0.39, 0.29) is 17.8 Å². The van der Waals surface area contributed by atoms with Gasteiger partial charge in [0.2, 0.25) is 5.91 Å². The number of carbonyl (C=O) groups excluding carboxylic acids is 1. The second kappa shape index (κ2) is 7.76. The molecule has 0 aromatic carbocycles. The van der Waals surface area contributed by atoms with Gasteiger partial charge in [0, 0.05) is 12.5 Å². The fourth-order valence-electron chi connectivity index (χ4n) is 1.75. The second-order valence-electron chi connectivity index (χ2n) is 4.24. The van der Waals surface area contributed by atoms with E-state index < -0.39 is 0 Å². The van der Waals surface area contributed by atoms with Gasteiger partial charge in [0.15, 0.2) is 0 Å². The molecular formula is C13H20FN3O. The summed E-state index contributed by atoms with van der Waals surface area (Å²) in [7, 11) is 0. The third-order valence-corrected chi connectivity index (χ3v) is 2.76. The van der Waals surface area contributed by atoms with E-state index in [4.69, 9.17) is 5.73 Å². The molecule has 0 radical (unpaired) electrons. The zero-order valence-corrected chi connectivity index (χ0v) is 10.7. The van der Waals surface area contributed by atoms with Crippen LogP contribution < -0.4 is 11.1 Å². The van der Waals surface area contributed by atoms with Crippen molar-refractivity contribution in [3.05, 3.63) is 29.8 Å². The van der Waals surface area contributed by atoms with Crippen molar-refractivity contribution in [3.8, 4) is 0 Å². The van der Waals surface area contributed by atoms with Crippen molar-refractivity contribution in [1.29, 1.82) is 0 Å². The van der Waals surface area contributed by atoms with E-state index in [2.05, 4.69) is 10.3 Å². The van der Waals surface area contributed by atoms with Crippen LogP contribution in [0.3, 0.4) is 0 Å². The molecular weight excluding hydrogens is 233 g/mol. The largest absolute Gasteiger partial charge is 0.370 e. The minimum absolute atomic E-state index is 0.124. The first kappa shape index (κ1) is 14.6. The molecule has 4 nitrogen and oxygen atoms in total. The highest BCUT2D eigenvalue weighted by atomic mass is 19.1. The van der Waals surface area contributed by atoms with E-state index in [1.165, 1.54) is 12.3 Å². The summed E-state index contributed by atoms with van der Waals surface area (Å²) < 4.78 is 12.8. The molecule has 18 heavy (non-hydrogen) atoms. The van der Waals surface area contributed by atoms with Gasteiger partial charge < -0.3 is 11.1 Å². The highest BCUT2D eigenvalue weighted by Gasteiger charge is 2.09. The number of pyridine rings is 1. The Hall–Kier alpha value is -1.49. The number of unbranched alkanes of at least 4 members (excludes halogenated alkanes) is 1. The number of halogens is 1. The Bertz CT molecular complexity index is 367. The molecule has 0 aliphatic heterocycles. The van der Waals surface area contributed by atoms with Crippen LogP contribution >= 0.6 is 0 Å². The average Bonchev–Trinajstić information content (AvgIpc) is 2.35. The highest BCUT2D eigenvalue weighted by Crippen LogP contribution is 2.14. The number of amides is 1. The molecule has 1 amide bonds. The number of aromatic nitrogens is 1. The monoisotopic (exact) mass is 253 g/mol. The van der Waals surface area contributed by atoms with Crippen molar-refractivity contribution < 1.29 is 9.18 Å². The maximum absolute atomic E-state index is 12.8. The maximum atomic E-state index is 12.8. The lowest BCUT2D eigenvalue weighted by atomic mass is 10.1. The SMILES string of the molecule is CCC(NCCCCC(N)=O)c1ccc(F)cn1. The first-order valence-electron chi connectivity index (χ1n) is 6.26. The van der Waals surface area contributed by atoms with Crippen LogP contribution in [0.5, 0.6) is 0 Å². The number of hydrogen-bond donors (Lipinski definition) is 2. The molecule has 1 atom stereocenters. The first-order valence-corrected chi connectivity index (χ1v) is 6.26. The first-order chi connectivity index (χ1) is 8.63. The van der Waals surface area contributed by atoms with Crippen LogP contribution in [0, 0.1) is 5.82 Å². The third-order valence-electron chi connectivity index (χ3n) is 2.76. The predicted octanol–water partition coefficient (Wildman–Crippen LogP) is 1.92. The van der Waals surface area contributed by atoms with E-state index in [1.54, 1.807) is 6.07 Å². The van der Waals surface area contributed by atoms with Crippen LogP contribution in [-0.4, -0.2) is 17.4 Å². The summed E-state index contributed by atoms with van der Waals surface area (Å²) >= 11 is 0. The number of nitrogens with one attached hydrogen (secondary N) is 1. The van der Waals surface area contributed by atoms with Gasteiger partial charge in [-0.3, -0.25) is 9.78 Å². The van der Waals surface area contributed by atoms with Gasteiger partial charge in [-0.2, -0.15) is 0 Å². The quantitative estimate of drug-likeness (QED) is 0.695. The molecule has 3 N–H and O–H groups in total. The van der Waals surface area contributed by atoms with E-state index in [9.17, 15) is 9.18 Å². The van der Waals surface area contributed by atoms with Gasteiger partial charge in [0.1, 0.15) is 5.82 Å². The number of nitrogens with zero attached hydrogens (tertiary/aromatic N) is 1. The minimum atomic E-state index is -0.324. The van der Waals surface area contributed by atoms with Crippen molar-refractivity contribution in [2.24, 2.45) is 5.73 Å². The van der Waals surface area contributed by atoms with Crippen LogP contribution in [0.2, 0.25) is 0 Å². The number of rotatable bonds is 8. The molecule has 0 aliphatic carbocycles. The molecule has 0 spiro atoms. The molecule has 0 aliphatic rings. The number of primary amides is 1. The van der Waals surface area contributed by atoms with Crippen molar-refractivity contribution in [2.45, 2.75) is 38.6 Å². The van der Waals surface area contributed by atoms with Gasteiger partial charge in [-0.25, -0.2) is 4.39 Å². The lowest BCUT2D eigenvalue weighted by molar-refractivity contribution is -0.118. The van der Waals surface area contributed by atoms with Crippen LogP contribution in [0.1, 0.15) is 44.3 Å². The van der Waals surface area contributed by atoms with Crippen LogP contribution in [0.4, 0.5) is 4.39 Å². The third kappa shape index (κ3) is 5.23. The van der Waals surface area contributed by atoms with Gasteiger partial charge >= 0.3 is 0 Å². The average molecular weight is 253 g/mol. The Morgan fingerprint density at radius 3 is 2.83 bits per heavy atom. The van der Waals surface area contributed by atoms with E-state index in [0.717, 1.165) is 31.5 Å². The molecule has 100 valence electrons. The Balaban J connectivity index is 2.33. The molecule has 0 saturated carbocycles. The van der Waals surface area contributed by atoms with Gasteiger partial charge in [0.05, 0.1) is 11.9 Å². The zero-order valence-electron chi connectivity index (χ0n) is 10.7. The van der Waals surface area contributed by atoms with E-state index >= 15 is 0 Å². The number of carbonyl (C=O) groups is 1. The van der Waals surface area contributed by atoms with Gasteiger partial charge in [0.25, 0.3) is 0 Å². The van der Waals surface area contributed by atoms with Crippen LogP contribution in [0.25, 0.3) is 0 Å². The molecule has 1 rings (SSSR count). The molecule has 1 heterocycles. The Kier molecular flexibility index (Phi) is 6.28. The van der Waals surface area contributed by atoms with Gasteiger partial charge in [-0.15, -0.1) is 0 Å². The summed E-state index contributed by atoms with van der Waals surface area (Å²) in [6.45, 7) is 2.84. The smallest absolute Gasteiger partial charge is 0.217 e. The molecule has 0 bridgehead atoms. The summed E-state index contributed by atoms with van der Waals surface area (Å²) in [4.78, 5) is 14.6. The van der Waals surface area contributed by atoms with E-state index in [0.29, 0.717) is 6.42 Å². The molecule has 0 fully saturated rings. The highest BCUT2D eigenvalue weighted by molar-refractivity contribution is 5.73. The lowest BCUT2D eigenvalue weighted by Crippen LogP contribution is -2.23. The number of hydrogen-bond acceptors (Lipinski definition) is 3. The fourth-order valence-corrected chi connectivity index (χ4v) is 1.75. The maximum Gasteiger partial charge on any atom is 0.217 e. The molecule has 0 saturated heterocycles. The van der Waals surface area contributed by atoms with Crippen molar-refractivity contribution in [2.75, 3.05) is 6.54 Å². The molecule has 1 unspecified atom stereocenters. The standard InChI is InChI=1S/C13H20FN3O/c1-2-11(12-7-6-10(14)9-17-12)16-8-4-3-5-13(15)18/h6-7,9,11,16H,2-5,8H2,1H3,(H2,15,18). The summed E-state index contributed by atoms with van der Waals surface area (Å²) in [5, 5.41) is 3.34. The Morgan fingerprint density at radius 1 is 1.50 bits per heavy atom. The summed E-state index contributed by atoms with van der Waals surface area (Å²) in [5.41, 5.74) is 5.90. The summed E-state index contributed by atoms with van der Waals surface area (Å²) in [6.07, 6.45) is 4.21. The molecule has 5 heteroatoms. The minimum Gasteiger partial charge on any atom is -0.370 e. The summed E-state index contributed by atoms with van der Waals surface area (Å²) in [6, 6.07) is 3.24. The molecule has 1 aromatic heterocycles. The number of nitrogens with two attached hydrogens (primary N) is 1. The topological polar surface area (TPSA) is 68.0 Å². The van der Waals surface area contributed by atoms with Crippen LogP contribution in [-0.2, 0) is 4.79 Å². The van der Waals surface area contributed by atoms with Crippen molar-refractivity contribution in [1.82, 2.24) is 10.3 Å². The summed E-state index contributed by atoms with van der Waals surface area (Å²) in [5.74, 6) is -0.586.